The first-order valence-corrected chi connectivity index (χ1v) is 6.96. The monoisotopic (exact) mass is 336 g/mol. The van der Waals surface area contributed by atoms with E-state index in [1.807, 2.05) is 25.1 Å². The lowest BCUT2D eigenvalue weighted by Gasteiger charge is -2.19. The summed E-state index contributed by atoms with van der Waals surface area (Å²) in [5, 5.41) is 0. The number of aromatic nitrogens is 1. The summed E-state index contributed by atoms with van der Waals surface area (Å²) in [6.07, 6.45) is 3.55. The number of hydrogen-bond acceptors (Lipinski definition) is 4. The molecule has 0 aliphatic heterocycles. The maximum absolute atomic E-state index is 6.38. The van der Waals surface area contributed by atoms with Crippen LogP contribution < -0.4 is 15.2 Å². The zero-order valence-corrected chi connectivity index (χ0v) is 13.3. The van der Waals surface area contributed by atoms with Crippen molar-refractivity contribution in [3.63, 3.8) is 0 Å². The van der Waals surface area contributed by atoms with Crippen LogP contribution in [0.1, 0.15) is 22.7 Å². The zero-order chi connectivity index (χ0) is 14.7. The normalized spacial score (nSPS) is 12.1. The Morgan fingerprint density at radius 2 is 1.90 bits per heavy atom. The summed E-state index contributed by atoms with van der Waals surface area (Å²) in [6, 6.07) is 5.44. The second-order valence-corrected chi connectivity index (χ2v) is 5.21. The minimum Gasteiger partial charge on any atom is -0.495 e. The lowest BCUT2D eigenvalue weighted by atomic mass is 9.96. The summed E-state index contributed by atoms with van der Waals surface area (Å²) in [5.41, 5.74) is 9.36. The molecule has 0 radical (unpaired) electrons. The Labute approximate surface area is 127 Å². The van der Waals surface area contributed by atoms with Gasteiger partial charge < -0.3 is 15.2 Å². The summed E-state index contributed by atoms with van der Waals surface area (Å²) < 4.78 is 11.5. The summed E-state index contributed by atoms with van der Waals surface area (Å²) in [7, 11) is 3.24. The van der Waals surface area contributed by atoms with Crippen LogP contribution in [-0.4, -0.2) is 19.2 Å². The molecule has 0 amide bonds. The van der Waals surface area contributed by atoms with Crippen LogP contribution in [0.2, 0.25) is 0 Å². The number of pyridine rings is 1. The minimum absolute atomic E-state index is 0.282. The zero-order valence-electron chi connectivity index (χ0n) is 11.7. The number of methoxy groups -OCH3 is 2. The molecule has 1 heterocycles. The molecule has 1 atom stereocenters. The topological polar surface area (TPSA) is 57.4 Å². The quantitative estimate of drug-likeness (QED) is 0.931. The van der Waals surface area contributed by atoms with Crippen molar-refractivity contribution in [2.75, 3.05) is 14.2 Å². The Hall–Kier alpha value is -1.59. The molecule has 0 aliphatic carbocycles. The van der Waals surface area contributed by atoms with Gasteiger partial charge in [-0.3, -0.25) is 4.98 Å². The highest BCUT2D eigenvalue weighted by atomic mass is 79.9. The van der Waals surface area contributed by atoms with Gasteiger partial charge in [-0.05, 0) is 52.2 Å². The van der Waals surface area contributed by atoms with E-state index in [2.05, 4.69) is 20.9 Å². The van der Waals surface area contributed by atoms with E-state index in [9.17, 15) is 0 Å². The predicted molar refractivity (Wildman–Crippen MR) is 82.3 cm³/mol. The third-order valence-electron chi connectivity index (χ3n) is 3.25. The maximum atomic E-state index is 6.38. The van der Waals surface area contributed by atoms with E-state index >= 15 is 0 Å². The minimum atomic E-state index is -0.282. The molecule has 20 heavy (non-hydrogen) atoms. The van der Waals surface area contributed by atoms with E-state index in [1.54, 1.807) is 26.6 Å². The van der Waals surface area contributed by atoms with Crippen LogP contribution in [0.4, 0.5) is 0 Å². The summed E-state index contributed by atoms with van der Waals surface area (Å²) in [5.74, 6) is 1.40. The Morgan fingerprint density at radius 3 is 2.50 bits per heavy atom. The molecule has 2 rings (SSSR count). The highest BCUT2D eigenvalue weighted by molar-refractivity contribution is 9.10. The van der Waals surface area contributed by atoms with Gasteiger partial charge >= 0.3 is 0 Å². The fraction of sp³-hybridized carbons (Fsp3) is 0.267. The Kier molecular flexibility index (Phi) is 4.62. The number of rotatable bonds is 4. The number of benzene rings is 1. The number of nitrogens with two attached hydrogens (primary N) is 1. The second kappa shape index (κ2) is 6.24. The fourth-order valence-electron chi connectivity index (χ4n) is 2.16. The largest absolute Gasteiger partial charge is 0.495 e. The van der Waals surface area contributed by atoms with Gasteiger partial charge in [0.05, 0.1) is 20.3 Å². The van der Waals surface area contributed by atoms with Crippen molar-refractivity contribution in [3.8, 4) is 11.5 Å². The lowest BCUT2D eigenvalue weighted by molar-refractivity contribution is 0.385. The van der Waals surface area contributed by atoms with Crippen molar-refractivity contribution >= 4 is 15.9 Å². The van der Waals surface area contributed by atoms with E-state index in [1.165, 1.54) is 0 Å². The first kappa shape index (κ1) is 14.8. The van der Waals surface area contributed by atoms with Crippen LogP contribution in [0.25, 0.3) is 0 Å². The van der Waals surface area contributed by atoms with Crippen LogP contribution in [0.15, 0.2) is 35.1 Å². The SMILES string of the molecule is COc1ccc(C(N)c2ccncc2C)c(OC)c1Br. The third-order valence-corrected chi connectivity index (χ3v) is 4.00. The van der Waals surface area contributed by atoms with Gasteiger partial charge in [0.15, 0.2) is 0 Å². The average molecular weight is 337 g/mol. The molecule has 0 fully saturated rings. The van der Waals surface area contributed by atoms with Gasteiger partial charge in [-0.25, -0.2) is 0 Å². The van der Waals surface area contributed by atoms with Gasteiger partial charge in [-0.2, -0.15) is 0 Å². The van der Waals surface area contributed by atoms with Crippen LogP contribution in [0.3, 0.4) is 0 Å². The number of hydrogen-bond donors (Lipinski definition) is 1. The first-order chi connectivity index (χ1) is 9.60. The highest BCUT2D eigenvalue weighted by Gasteiger charge is 2.20. The van der Waals surface area contributed by atoms with Gasteiger partial charge in [0, 0.05) is 18.0 Å². The van der Waals surface area contributed by atoms with Crippen LogP contribution in [0.5, 0.6) is 11.5 Å². The van der Waals surface area contributed by atoms with Gasteiger partial charge in [0.2, 0.25) is 0 Å². The van der Waals surface area contributed by atoms with Gasteiger partial charge in [0.25, 0.3) is 0 Å². The van der Waals surface area contributed by atoms with E-state index in [-0.39, 0.29) is 6.04 Å². The molecule has 0 spiro atoms. The molecule has 0 saturated carbocycles. The Bertz CT molecular complexity index is 617. The highest BCUT2D eigenvalue weighted by Crippen LogP contribution is 2.40. The Balaban J connectivity index is 2.53. The van der Waals surface area contributed by atoms with E-state index in [4.69, 9.17) is 15.2 Å². The molecule has 0 bridgehead atoms. The molecule has 2 N–H and O–H groups in total. The van der Waals surface area contributed by atoms with E-state index < -0.39 is 0 Å². The summed E-state index contributed by atoms with van der Waals surface area (Å²) >= 11 is 3.49. The molecule has 1 unspecified atom stereocenters. The molecule has 2 aromatic rings. The van der Waals surface area contributed by atoms with E-state index in [0.717, 1.165) is 21.2 Å². The van der Waals surface area contributed by atoms with Gasteiger partial charge in [-0.15, -0.1) is 0 Å². The molecular weight excluding hydrogens is 320 g/mol. The van der Waals surface area contributed by atoms with Crippen molar-refractivity contribution in [2.45, 2.75) is 13.0 Å². The fourth-order valence-corrected chi connectivity index (χ4v) is 2.85. The van der Waals surface area contributed by atoms with Gasteiger partial charge in [-0.1, -0.05) is 0 Å². The lowest BCUT2D eigenvalue weighted by Crippen LogP contribution is -2.15. The second-order valence-electron chi connectivity index (χ2n) is 4.41. The van der Waals surface area contributed by atoms with Crippen molar-refractivity contribution < 1.29 is 9.47 Å². The smallest absolute Gasteiger partial charge is 0.141 e. The molecule has 4 nitrogen and oxygen atoms in total. The van der Waals surface area contributed by atoms with Crippen molar-refractivity contribution in [1.82, 2.24) is 4.98 Å². The number of aryl methyl sites for hydroxylation is 1. The number of nitrogens with zero attached hydrogens (tertiary/aromatic N) is 1. The van der Waals surface area contributed by atoms with Crippen molar-refractivity contribution in [2.24, 2.45) is 5.73 Å². The molecule has 5 heteroatoms. The molecule has 1 aromatic carbocycles. The number of ether oxygens (including phenoxy) is 2. The number of halogens is 1. The Morgan fingerprint density at radius 1 is 1.15 bits per heavy atom. The molecule has 106 valence electrons. The van der Waals surface area contributed by atoms with E-state index in [0.29, 0.717) is 11.5 Å². The van der Waals surface area contributed by atoms with Crippen molar-refractivity contribution in [1.29, 1.82) is 0 Å². The van der Waals surface area contributed by atoms with Crippen LogP contribution >= 0.6 is 15.9 Å². The average Bonchev–Trinajstić information content (AvgIpc) is 2.46. The maximum Gasteiger partial charge on any atom is 0.141 e. The molecule has 0 saturated heterocycles. The summed E-state index contributed by atoms with van der Waals surface area (Å²) in [4.78, 5) is 4.09. The predicted octanol–water partition coefficient (Wildman–Crippen LogP) is 3.22. The van der Waals surface area contributed by atoms with Crippen molar-refractivity contribution in [3.05, 3.63) is 51.8 Å². The van der Waals surface area contributed by atoms with Crippen LogP contribution in [0, 0.1) is 6.92 Å². The van der Waals surface area contributed by atoms with Crippen LogP contribution in [-0.2, 0) is 0 Å². The first-order valence-electron chi connectivity index (χ1n) is 6.16. The van der Waals surface area contributed by atoms with Gasteiger partial charge in [0.1, 0.15) is 16.0 Å². The standard InChI is InChI=1S/C15H17BrN2O2/c1-9-8-18-7-6-10(9)14(17)11-4-5-12(19-2)13(16)15(11)20-3/h4-8,14H,17H2,1-3H3. The molecular formula is C15H17BrN2O2. The summed E-state index contributed by atoms with van der Waals surface area (Å²) in [6.45, 7) is 1.99. The third kappa shape index (κ3) is 2.64. The molecule has 1 aromatic heterocycles. The molecule has 0 aliphatic rings.